The van der Waals surface area contributed by atoms with Crippen molar-refractivity contribution in [1.82, 2.24) is 20.3 Å². The first kappa shape index (κ1) is 13.6. The Bertz CT molecular complexity index is 662. The van der Waals surface area contributed by atoms with Gasteiger partial charge in [0.15, 0.2) is 0 Å². The number of rotatable bonds is 4. The topological polar surface area (TPSA) is 67.8 Å². The van der Waals surface area contributed by atoms with E-state index in [1.54, 1.807) is 25.3 Å². The summed E-state index contributed by atoms with van der Waals surface area (Å²) < 4.78 is 0. The first-order chi connectivity index (χ1) is 9.61. The van der Waals surface area contributed by atoms with E-state index in [1.807, 2.05) is 6.07 Å². The lowest BCUT2D eigenvalue weighted by molar-refractivity contribution is 0.0968. The van der Waals surface area contributed by atoms with Crippen molar-refractivity contribution in [1.29, 1.82) is 0 Å². The van der Waals surface area contributed by atoms with Gasteiger partial charge in [0.25, 0.3) is 5.91 Å². The van der Waals surface area contributed by atoms with E-state index in [9.17, 15) is 4.79 Å². The van der Waals surface area contributed by atoms with E-state index in [1.165, 1.54) is 12.4 Å². The van der Waals surface area contributed by atoms with Gasteiger partial charge in [0, 0.05) is 23.7 Å². The number of aryl methyl sites for hydroxylation is 1. The number of hydrogen-bond acceptors (Lipinski definition) is 4. The van der Waals surface area contributed by atoms with Crippen molar-refractivity contribution in [2.75, 3.05) is 0 Å². The number of carbonyl (C=O) groups excluding carboxylic acids is 1. The highest BCUT2D eigenvalue weighted by Crippen LogP contribution is 2.14. The van der Waals surface area contributed by atoms with Crippen molar-refractivity contribution in [3.05, 3.63) is 66.5 Å². The van der Waals surface area contributed by atoms with Gasteiger partial charge in [-0.1, -0.05) is 13.2 Å². The maximum absolute atomic E-state index is 12.0. The lowest BCUT2D eigenvalue weighted by Crippen LogP contribution is -2.23. The summed E-state index contributed by atoms with van der Waals surface area (Å²) >= 11 is 0. The van der Waals surface area contributed by atoms with Gasteiger partial charge in [0.1, 0.15) is 5.69 Å². The Morgan fingerprint density at radius 1 is 1.30 bits per heavy atom. The van der Waals surface area contributed by atoms with Crippen molar-refractivity contribution in [2.24, 2.45) is 0 Å². The molecule has 5 heteroatoms. The highest BCUT2D eigenvalue weighted by Gasteiger charge is 2.11. The number of hydrogen-bond donors (Lipinski definition) is 1. The molecule has 2 aromatic rings. The van der Waals surface area contributed by atoms with Crippen LogP contribution in [0.25, 0.3) is 11.8 Å². The predicted octanol–water partition coefficient (Wildman–Crippen LogP) is 2.22. The molecule has 1 amide bonds. The van der Waals surface area contributed by atoms with Crippen molar-refractivity contribution >= 4 is 17.7 Å². The highest BCUT2D eigenvalue weighted by molar-refractivity contribution is 5.98. The first-order valence-electron chi connectivity index (χ1n) is 5.98. The third-order valence-corrected chi connectivity index (χ3v) is 2.63. The average molecular weight is 266 g/mol. The second kappa shape index (κ2) is 5.88. The van der Waals surface area contributed by atoms with E-state index in [4.69, 9.17) is 0 Å². The van der Waals surface area contributed by atoms with Gasteiger partial charge in [-0.15, -0.1) is 0 Å². The number of amides is 1. The molecule has 5 nitrogen and oxygen atoms in total. The van der Waals surface area contributed by atoms with Gasteiger partial charge in [-0.25, -0.2) is 4.98 Å². The molecule has 1 N–H and O–H groups in total. The van der Waals surface area contributed by atoms with Gasteiger partial charge >= 0.3 is 0 Å². The first-order valence-corrected chi connectivity index (χ1v) is 5.98. The largest absolute Gasteiger partial charge is 0.321 e. The van der Waals surface area contributed by atoms with Crippen LogP contribution in [-0.4, -0.2) is 20.9 Å². The molecule has 0 aromatic carbocycles. The Labute approximate surface area is 117 Å². The molecule has 0 fully saturated rings. The Morgan fingerprint density at radius 2 is 2.10 bits per heavy atom. The molecule has 0 aliphatic rings. The maximum Gasteiger partial charge on any atom is 0.275 e. The number of carbonyl (C=O) groups is 1. The standard InChI is InChI=1S/C15H14N4O/c1-4-13-12(6-5-7-16-13)11(3)19-15(20)14-9-17-10(2)8-18-14/h4-9H,1,3H2,2H3,(H,19,20). The zero-order valence-electron chi connectivity index (χ0n) is 11.1. The molecule has 0 spiro atoms. The molecule has 0 atom stereocenters. The van der Waals surface area contributed by atoms with E-state index in [-0.39, 0.29) is 11.6 Å². The lowest BCUT2D eigenvalue weighted by atomic mass is 10.1. The summed E-state index contributed by atoms with van der Waals surface area (Å²) in [6, 6.07) is 3.58. The third kappa shape index (κ3) is 2.95. The molecular formula is C15H14N4O. The molecule has 0 unspecified atom stereocenters. The minimum atomic E-state index is -0.360. The third-order valence-electron chi connectivity index (χ3n) is 2.63. The Kier molecular flexibility index (Phi) is 4.00. The maximum atomic E-state index is 12.0. The molecular weight excluding hydrogens is 252 g/mol. The van der Waals surface area contributed by atoms with Gasteiger partial charge in [-0.2, -0.15) is 0 Å². The van der Waals surface area contributed by atoms with Crippen LogP contribution in [0.3, 0.4) is 0 Å². The molecule has 0 radical (unpaired) electrons. The molecule has 2 rings (SSSR count). The van der Waals surface area contributed by atoms with Crippen molar-refractivity contribution in [3.63, 3.8) is 0 Å². The Hall–Kier alpha value is -2.82. The number of nitrogens with zero attached hydrogens (tertiary/aromatic N) is 3. The van der Waals surface area contributed by atoms with Gasteiger partial charge in [0.05, 0.1) is 17.6 Å². The second-order valence-electron chi connectivity index (χ2n) is 4.12. The van der Waals surface area contributed by atoms with Crippen LogP contribution in [0.4, 0.5) is 0 Å². The average Bonchev–Trinajstić information content (AvgIpc) is 2.47. The van der Waals surface area contributed by atoms with Crippen LogP contribution in [0.1, 0.15) is 27.4 Å². The Balaban J connectivity index is 2.17. The molecule has 2 heterocycles. The van der Waals surface area contributed by atoms with E-state index in [0.29, 0.717) is 11.4 Å². The fourth-order valence-electron chi connectivity index (χ4n) is 1.61. The smallest absolute Gasteiger partial charge is 0.275 e. The normalized spacial score (nSPS) is 9.85. The zero-order valence-corrected chi connectivity index (χ0v) is 11.1. The molecule has 0 bridgehead atoms. The SMILES string of the molecule is C=Cc1ncccc1C(=C)NC(=O)c1cnc(C)cn1. The van der Waals surface area contributed by atoms with Crippen LogP contribution in [0, 0.1) is 6.92 Å². The summed E-state index contributed by atoms with van der Waals surface area (Å²) in [6.07, 6.45) is 6.23. The fraction of sp³-hybridized carbons (Fsp3) is 0.0667. The van der Waals surface area contributed by atoms with E-state index in [2.05, 4.69) is 33.4 Å². The van der Waals surface area contributed by atoms with Crippen LogP contribution >= 0.6 is 0 Å². The van der Waals surface area contributed by atoms with E-state index in [0.717, 1.165) is 11.3 Å². The molecule has 0 saturated carbocycles. The van der Waals surface area contributed by atoms with Crippen molar-refractivity contribution < 1.29 is 4.79 Å². The van der Waals surface area contributed by atoms with Crippen LogP contribution in [-0.2, 0) is 0 Å². The molecule has 0 saturated heterocycles. The zero-order chi connectivity index (χ0) is 14.5. The molecule has 100 valence electrons. The lowest BCUT2D eigenvalue weighted by Gasteiger charge is -2.10. The van der Waals surface area contributed by atoms with Gasteiger partial charge in [0.2, 0.25) is 0 Å². The summed E-state index contributed by atoms with van der Waals surface area (Å²) in [5.41, 5.74) is 2.81. The van der Waals surface area contributed by atoms with Gasteiger partial charge < -0.3 is 5.32 Å². The van der Waals surface area contributed by atoms with Crippen LogP contribution in [0.2, 0.25) is 0 Å². The summed E-state index contributed by atoms with van der Waals surface area (Å²) in [5.74, 6) is -0.360. The molecule has 2 aromatic heterocycles. The number of pyridine rings is 1. The summed E-state index contributed by atoms with van der Waals surface area (Å²) in [4.78, 5) is 24.2. The minimum Gasteiger partial charge on any atom is -0.321 e. The number of nitrogens with one attached hydrogen (secondary N) is 1. The summed E-state index contributed by atoms with van der Waals surface area (Å²) in [5, 5.41) is 2.68. The Morgan fingerprint density at radius 3 is 2.75 bits per heavy atom. The van der Waals surface area contributed by atoms with Crippen molar-refractivity contribution in [2.45, 2.75) is 6.92 Å². The van der Waals surface area contributed by atoms with Gasteiger partial charge in [-0.3, -0.25) is 14.8 Å². The second-order valence-corrected chi connectivity index (χ2v) is 4.12. The predicted molar refractivity (Wildman–Crippen MR) is 77.6 cm³/mol. The quantitative estimate of drug-likeness (QED) is 0.921. The number of aromatic nitrogens is 3. The van der Waals surface area contributed by atoms with E-state index >= 15 is 0 Å². The fourth-order valence-corrected chi connectivity index (χ4v) is 1.61. The molecule has 0 aliphatic carbocycles. The summed E-state index contributed by atoms with van der Waals surface area (Å²) in [6.45, 7) is 9.34. The molecule has 0 aliphatic heterocycles. The van der Waals surface area contributed by atoms with Crippen molar-refractivity contribution in [3.8, 4) is 0 Å². The summed E-state index contributed by atoms with van der Waals surface area (Å²) in [7, 11) is 0. The van der Waals surface area contributed by atoms with E-state index < -0.39 is 0 Å². The van der Waals surface area contributed by atoms with Gasteiger partial charge in [-0.05, 0) is 25.1 Å². The minimum absolute atomic E-state index is 0.237. The monoisotopic (exact) mass is 266 g/mol. The van der Waals surface area contributed by atoms with Crippen LogP contribution in [0.5, 0.6) is 0 Å². The molecule has 20 heavy (non-hydrogen) atoms. The highest BCUT2D eigenvalue weighted by atomic mass is 16.1. The van der Waals surface area contributed by atoms with Crippen LogP contribution < -0.4 is 5.32 Å². The van der Waals surface area contributed by atoms with Crippen LogP contribution in [0.15, 0.2) is 43.9 Å².